The molecule has 0 saturated carbocycles. The van der Waals surface area contributed by atoms with E-state index in [2.05, 4.69) is 4.74 Å². The van der Waals surface area contributed by atoms with Gasteiger partial charge in [0.15, 0.2) is 17.6 Å². The highest BCUT2D eigenvalue weighted by Crippen LogP contribution is 2.38. The molecular weight excluding hydrogens is 228 g/mol. The summed E-state index contributed by atoms with van der Waals surface area (Å²) in [6.07, 6.45) is -1.46. The molecule has 17 heavy (non-hydrogen) atoms. The van der Waals surface area contributed by atoms with Crippen molar-refractivity contribution in [1.82, 2.24) is 0 Å². The van der Waals surface area contributed by atoms with E-state index < -0.39 is 12.1 Å². The summed E-state index contributed by atoms with van der Waals surface area (Å²) in [5.41, 5.74) is 0.211. The van der Waals surface area contributed by atoms with E-state index in [0.717, 1.165) is 0 Å². The fourth-order valence-corrected chi connectivity index (χ4v) is 1.32. The highest BCUT2D eigenvalue weighted by atomic mass is 16.5. The van der Waals surface area contributed by atoms with Gasteiger partial charge in [0, 0.05) is 0 Å². The van der Waals surface area contributed by atoms with Crippen LogP contribution in [-0.4, -0.2) is 37.5 Å². The molecule has 0 aliphatic heterocycles. The zero-order valence-corrected chi connectivity index (χ0v) is 9.76. The van der Waals surface area contributed by atoms with Crippen LogP contribution in [0.5, 0.6) is 17.2 Å². The van der Waals surface area contributed by atoms with Crippen LogP contribution in [0.1, 0.15) is 11.7 Å². The number of carbonyl (C=O) groups excluding carboxylic acids is 1. The van der Waals surface area contributed by atoms with Gasteiger partial charge in [-0.3, -0.25) is 0 Å². The first-order valence-electron chi connectivity index (χ1n) is 4.76. The summed E-state index contributed by atoms with van der Waals surface area (Å²) in [6.45, 7) is 0. The van der Waals surface area contributed by atoms with Gasteiger partial charge in [-0.25, -0.2) is 4.79 Å². The van der Waals surface area contributed by atoms with Crippen molar-refractivity contribution in [2.24, 2.45) is 0 Å². The molecule has 0 aromatic heterocycles. The number of ether oxygens (including phenoxy) is 3. The molecule has 0 bridgehead atoms. The van der Waals surface area contributed by atoms with Gasteiger partial charge in [0.25, 0.3) is 0 Å². The van der Waals surface area contributed by atoms with Gasteiger partial charge in [-0.2, -0.15) is 0 Å². The number of aromatic hydroxyl groups is 1. The zero-order chi connectivity index (χ0) is 13.0. The Morgan fingerprint density at radius 2 is 1.65 bits per heavy atom. The largest absolute Gasteiger partial charge is 0.502 e. The average Bonchev–Trinajstić information content (AvgIpc) is 2.37. The normalized spacial score (nSPS) is 11.8. The van der Waals surface area contributed by atoms with Crippen molar-refractivity contribution >= 4 is 5.97 Å². The lowest BCUT2D eigenvalue weighted by Crippen LogP contribution is -2.13. The van der Waals surface area contributed by atoms with Crippen LogP contribution in [-0.2, 0) is 9.53 Å². The van der Waals surface area contributed by atoms with Gasteiger partial charge in [0.1, 0.15) is 0 Å². The Labute approximate surface area is 98.3 Å². The van der Waals surface area contributed by atoms with Crippen molar-refractivity contribution in [3.63, 3.8) is 0 Å². The van der Waals surface area contributed by atoms with Crippen LogP contribution in [0.3, 0.4) is 0 Å². The molecule has 2 N–H and O–H groups in total. The number of aliphatic hydroxyl groups excluding tert-OH is 1. The van der Waals surface area contributed by atoms with Gasteiger partial charge < -0.3 is 24.4 Å². The monoisotopic (exact) mass is 242 g/mol. The van der Waals surface area contributed by atoms with Gasteiger partial charge in [-0.05, 0) is 17.7 Å². The number of carbonyl (C=O) groups is 1. The number of rotatable bonds is 4. The van der Waals surface area contributed by atoms with E-state index in [4.69, 9.17) is 9.47 Å². The minimum Gasteiger partial charge on any atom is -0.502 e. The first-order valence-corrected chi connectivity index (χ1v) is 4.76. The second-order valence-corrected chi connectivity index (χ2v) is 3.20. The number of esters is 1. The lowest BCUT2D eigenvalue weighted by molar-refractivity contribution is -0.150. The number of benzene rings is 1. The maximum Gasteiger partial charge on any atom is 0.339 e. The summed E-state index contributed by atoms with van der Waals surface area (Å²) in [5, 5.41) is 19.3. The number of hydrogen-bond acceptors (Lipinski definition) is 6. The summed E-state index contributed by atoms with van der Waals surface area (Å²) < 4.78 is 14.2. The van der Waals surface area contributed by atoms with Crippen molar-refractivity contribution in [3.05, 3.63) is 17.7 Å². The third kappa shape index (κ3) is 2.59. The molecule has 1 rings (SSSR count). The highest BCUT2D eigenvalue weighted by Gasteiger charge is 2.22. The number of methoxy groups -OCH3 is 3. The van der Waals surface area contributed by atoms with Gasteiger partial charge in [-0.1, -0.05) is 0 Å². The molecule has 0 amide bonds. The summed E-state index contributed by atoms with van der Waals surface area (Å²) in [7, 11) is 3.87. The van der Waals surface area contributed by atoms with Crippen LogP contribution >= 0.6 is 0 Å². The van der Waals surface area contributed by atoms with Crippen molar-refractivity contribution in [1.29, 1.82) is 0 Å². The van der Waals surface area contributed by atoms with Crippen LogP contribution in [0.4, 0.5) is 0 Å². The maximum absolute atomic E-state index is 11.2. The SMILES string of the molecule is COC(=O)C(O)c1cc(OC)c(O)c(OC)c1. The summed E-state index contributed by atoms with van der Waals surface area (Å²) in [6, 6.07) is 2.67. The standard InChI is InChI=1S/C11H14O6/c1-15-7-4-6(9(12)11(14)17-3)5-8(16-2)10(7)13/h4-5,9,12-13H,1-3H3. The van der Waals surface area contributed by atoms with Crippen molar-refractivity contribution < 1.29 is 29.2 Å². The third-order valence-electron chi connectivity index (χ3n) is 2.24. The van der Waals surface area contributed by atoms with E-state index >= 15 is 0 Å². The van der Waals surface area contributed by atoms with Gasteiger partial charge in [-0.15, -0.1) is 0 Å². The van der Waals surface area contributed by atoms with Crippen LogP contribution in [0, 0.1) is 0 Å². The Kier molecular flexibility index (Phi) is 4.17. The van der Waals surface area contributed by atoms with E-state index in [1.807, 2.05) is 0 Å². The first kappa shape index (κ1) is 13.1. The molecule has 0 saturated heterocycles. The molecule has 0 fully saturated rings. The number of aliphatic hydroxyl groups is 1. The van der Waals surface area contributed by atoms with Gasteiger partial charge in [0.2, 0.25) is 5.75 Å². The third-order valence-corrected chi connectivity index (χ3v) is 2.24. The smallest absolute Gasteiger partial charge is 0.339 e. The van der Waals surface area contributed by atoms with E-state index in [-0.39, 0.29) is 22.8 Å². The molecule has 0 aliphatic carbocycles. The van der Waals surface area contributed by atoms with Crippen LogP contribution in [0.15, 0.2) is 12.1 Å². The maximum atomic E-state index is 11.2. The Morgan fingerprint density at radius 3 is 2.00 bits per heavy atom. The number of hydrogen-bond donors (Lipinski definition) is 2. The first-order chi connectivity index (χ1) is 8.04. The predicted octanol–water partition coefficient (Wildman–Crippen LogP) is 0.616. The fraction of sp³-hybridized carbons (Fsp3) is 0.364. The average molecular weight is 242 g/mol. The molecule has 0 spiro atoms. The molecule has 6 heteroatoms. The molecule has 0 aliphatic rings. The van der Waals surface area contributed by atoms with E-state index in [1.165, 1.54) is 33.5 Å². The number of phenolic OH excluding ortho intramolecular Hbond substituents is 1. The summed E-state index contributed by atoms with van der Waals surface area (Å²) in [4.78, 5) is 11.2. The molecule has 6 nitrogen and oxygen atoms in total. The van der Waals surface area contributed by atoms with Crippen molar-refractivity contribution in [2.75, 3.05) is 21.3 Å². The Hall–Kier alpha value is -1.95. The van der Waals surface area contributed by atoms with Crippen LogP contribution < -0.4 is 9.47 Å². The summed E-state index contributed by atoms with van der Waals surface area (Å²) in [5.74, 6) is -0.805. The summed E-state index contributed by atoms with van der Waals surface area (Å²) >= 11 is 0. The molecule has 94 valence electrons. The van der Waals surface area contributed by atoms with Crippen LogP contribution in [0.25, 0.3) is 0 Å². The predicted molar refractivity (Wildman–Crippen MR) is 58.2 cm³/mol. The topological polar surface area (TPSA) is 85.2 Å². The Morgan fingerprint density at radius 1 is 1.18 bits per heavy atom. The molecule has 1 aromatic rings. The minimum absolute atomic E-state index is 0.0994. The fourth-order valence-electron chi connectivity index (χ4n) is 1.32. The molecule has 0 heterocycles. The molecule has 0 radical (unpaired) electrons. The second kappa shape index (κ2) is 5.40. The lowest BCUT2D eigenvalue weighted by atomic mass is 10.1. The molecule has 1 aromatic carbocycles. The van der Waals surface area contributed by atoms with Crippen molar-refractivity contribution in [2.45, 2.75) is 6.10 Å². The second-order valence-electron chi connectivity index (χ2n) is 3.20. The van der Waals surface area contributed by atoms with Crippen LogP contribution in [0.2, 0.25) is 0 Å². The quantitative estimate of drug-likeness (QED) is 0.753. The van der Waals surface area contributed by atoms with Gasteiger partial charge >= 0.3 is 5.97 Å². The van der Waals surface area contributed by atoms with E-state index in [0.29, 0.717) is 0 Å². The number of phenols is 1. The molecule has 1 unspecified atom stereocenters. The van der Waals surface area contributed by atoms with E-state index in [1.54, 1.807) is 0 Å². The lowest BCUT2D eigenvalue weighted by Gasteiger charge is -2.13. The van der Waals surface area contributed by atoms with Gasteiger partial charge in [0.05, 0.1) is 21.3 Å². The van der Waals surface area contributed by atoms with Crippen molar-refractivity contribution in [3.8, 4) is 17.2 Å². The minimum atomic E-state index is -1.46. The molecular formula is C11H14O6. The Balaban J connectivity index is 3.21. The zero-order valence-electron chi connectivity index (χ0n) is 9.76. The molecule has 1 atom stereocenters. The highest BCUT2D eigenvalue weighted by molar-refractivity contribution is 5.77. The van der Waals surface area contributed by atoms with E-state index in [9.17, 15) is 15.0 Å². The Bertz CT molecular complexity index is 389.